The average Bonchev–Trinajstić information content (AvgIpc) is 2.38. The highest BCUT2D eigenvalue weighted by Gasteiger charge is 2.30. The number of amides is 1. The van der Waals surface area contributed by atoms with Crippen LogP contribution in [0.25, 0.3) is 0 Å². The topological polar surface area (TPSA) is 55.4 Å². The van der Waals surface area contributed by atoms with Crippen molar-refractivity contribution in [3.05, 3.63) is 35.9 Å². The number of piperidine rings is 1. The van der Waals surface area contributed by atoms with Gasteiger partial charge in [-0.25, -0.2) is 0 Å². The van der Waals surface area contributed by atoms with Gasteiger partial charge in [-0.15, -0.1) is 0 Å². The van der Waals surface area contributed by atoms with Crippen LogP contribution in [-0.4, -0.2) is 18.4 Å². The van der Waals surface area contributed by atoms with E-state index in [1.54, 1.807) is 0 Å². The second kappa shape index (κ2) is 5.48. The average molecular weight is 233 g/mol. The Balaban J connectivity index is 1.87. The normalized spacial score (nSPS) is 19.5. The molecule has 1 aromatic carbocycles. The molecule has 4 nitrogen and oxygen atoms in total. The molecule has 1 heterocycles. The maximum atomic E-state index is 11.7. The number of carbonyl (C=O) groups excluding carboxylic acids is 2. The largest absolute Gasteiger partial charge is 0.460 e. The van der Waals surface area contributed by atoms with E-state index in [2.05, 4.69) is 5.32 Å². The summed E-state index contributed by atoms with van der Waals surface area (Å²) in [6.07, 6.45) is 1.41. The lowest BCUT2D eigenvalue weighted by atomic mass is 9.99. The van der Waals surface area contributed by atoms with Crippen LogP contribution in [0.15, 0.2) is 30.3 Å². The van der Waals surface area contributed by atoms with Gasteiger partial charge in [-0.1, -0.05) is 30.3 Å². The van der Waals surface area contributed by atoms with Crippen LogP contribution in [-0.2, 0) is 20.9 Å². The van der Waals surface area contributed by atoms with Crippen LogP contribution in [0.4, 0.5) is 0 Å². The molecule has 1 saturated heterocycles. The summed E-state index contributed by atoms with van der Waals surface area (Å²) in [4.78, 5) is 23.1. The second-order valence-electron chi connectivity index (χ2n) is 4.08. The van der Waals surface area contributed by atoms with E-state index in [4.69, 9.17) is 4.74 Å². The van der Waals surface area contributed by atoms with Crippen LogP contribution in [0.3, 0.4) is 0 Å². The summed E-state index contributed by atoms with van der Waals surface area (Å²) in [5.74, 6) is -1.27. The fourth-order valence-corrected chi connectivity index (χ4v) is 1.83. The van der Waals surface area contributed by atoms with E-state index in [9.17, 15) is 9.59 Å². The zero-order chi connectivity index (χ0) is 12.1. The molecule has 0 unspecified atom stereocenters. The molecule has 2 rings (SSSR count). The van der Waals surface area contributed by atoms with E-state index in [0.717, 1.165) is 12.0 Å². The molecule has 1 aliphatic heterocycles. The lowest BCUT2D eigenvalue weighted by Gasteiger charge is -2.20. The highest BCUT2D eigenvalue weighted by molar-refractivity contribution is 5.98. The van der Waals surface area contributed by atoms with Gasteiger partial charge in [-0.2, -0.15) is 0 Å². The van der Waals surface area contributed by atoms with Crippen molar-refractivity contribution in [1.82, 2.24) is 5.32 Å². The molecule has 0 spiro atoms. The first-order chi connectivity index (χ1) is 8.27. The molecule has 0 aromatic heterocycles. The molecule has 0 radical (unpaired) electrons. The molecule has 0 saturated carbocycles. The number of carbonyl (C=O) groups is 2. The zero-order valence-electron chi connectivity index (χ0n) is 9.52. The summed E-state index contributed by atoms with van der Waals surface area (Å²) in [7, 11) is 0. The molecule has 17 heavy (non-hydrogen) atoms. The first kappa shape index (κ1) is 11.6. The molecule has 0 aliphatic carbocycles. The van der Waals surface area contributed by atoms with Crippen LogP contribution in [0.2, 0.25) is 0 Å². The maximum Gasteiger partial charge on any atom is 0.318 e. The molecule has 4 heteroatoms. The Morgan fingerprint density at radius 3 is 2.82 bits per heavy atom. The number of ether oxygens (including phenoxy) is 1. The van der Waals surface area contributed by atoms with Gasteiger partial charge < -0.3 is 10.1 Å². The van der Waals surface area contributed by atoms with Gasteiger partial charge in [0, 0.05) is 6.54 Å². The molecule has 1 fully saturated rings. The van der Waals surface area contributed by atoms with Gasteiger partial charge in [0.2, 0.25) is 5.91 Å². The van der Waals surface area contributed by atoms with Gasteiger partial charge in [0.1, 0.15) is 12.5 Å². The van der Waals surface area contributed by atoms with Crippen LogP contribution < -0.4 is 5.32 Å². The molecule has 1 amide bonds. The number of hydrogen-bond donors (Lipinski definition) is 1. The van der Waals surface area contributed by atoms with Crippen molar-refractivity contribution in [1.29, 1.82) is 0 Å². The van der Waals surface area contributed by atoms with Gasteiger partial charge in [-0.05, 0) is 18.4 Å². The third-order valence-corrected chi connectivity index (χ3v) is 2.79. The summed E-state index contributed by atoms with van der Waals surface area (Å²) < 4.78 is 5.14. The molecule has 90 valence electrons. The van der Waals surface area contributed by atoms with Gasteiger partial charge in [0.15, 0.2) is 0 Å². The number of hydrogen-bond acceptors (Lipinski definition) is 3. The van der Waals surface area contributed by atoms with Crippen molar-refractivity contribution in [3.8, 4) is 0 Å². The molecule has 1 aromatic rings. The van der Waals surface area contributed by atoms with E-state index in [1.165, 1.54) is 0 Å². The fourth-order valence-electron chi connectivity index (χ4n) is 1.83. The van der Waals surface area contributed by atoms with Crippen LogP contribution in [0, 0.1) is 5.92 Å². The lowest BCUT2D eigenvalue weighted by molar-refractivity contribution is -0.154. The molecule has 1 N–H and O–H groups in total. The Kier molecular flexibility index (Phi) is 3.75. The van der Waals surface area contributed by atoms with Crippen molar-refractivity contribution >= 4 is 11.9 Å². The van der Waals surface area contributed by atoms with E-state index in [-0.39, 0.29) is 12.5 Å². The van der Waals surface area contributed by atoms with Crippen molar-refractivity contribution in [2.24, 2.45) is 5.92 Å². The lowest BCUT2D eigenvalue weighted by Crippen LogP contribution is -2.41. The Hall–Kier alpha value is -1.84. The molecule has 0 bridgehead atoms. The molecular formula is C13H15NO3. The van der Waals surface area contributed by atoms with Crippen LogP contribution in [0.1, 0.15) is 18.4 Å². The Morgan fingerprint density at radius 2 is 2.12 bits per heavy atom. The van der Waals surface area contributed by atoms with Crippen molar-refractivity contribution in [3.63, 3.8) is 0 Å². The number of benzene rings is 1. The first-order valence-electron chi connectivity index (χ1n) is 5.75. The van der Waals surface area contributed by atoms with Crippen molar-refractivity contribution in [2.45, 2.75) is 19.4 Å². The van der Waals surface area contributed by atoms with E-state index >= 15 is 0 Å². The minimum atomic E-state index is -0.632. The van der Waals surface area contributed by atoms with Gasteiger partial charge >= 0.3 is 5.97 Å². The maximum absolute atomic E-state index is 11.7. The summed E-state index contributed by atoms with van der Waals surface area (Å²) in [6, 6.07) is 9.44. The molecular weight excluding hydrogens is 218 g/mol. The number of esters is 1. The van der Waals surface area contributed by atoms with Crippen molar-refractivity contribution < 1.29 is 14.3 Å². The third kappa shape index (κ3) is 3.06. The smallest absolute Gasteiger partial charge is 0.318 e. The highest BCUT2D eigenvalue weighted by Crippen LogP contribution is 2.14. The minimum absolute atomic E-state index is 0.214. The quantitative estimate of drug-likeness (QED) is 0.631. The highest BCUT2D eigenvalue weighted by atomic mass is 16.5. The van der Waals surface area contributed by atoms with Gasteiger partial charge in [-0.3, -0.25) is 9.59 Å². The predicted octanol–water partition coefficient (Wildman–Crippen LogP) is 1.26. The number of nitrogens with one attached hydrogen (secondary N) is 1. The monoisotopic (exact) mass is 233 g/mol. The van der Waals surface area contributed by atoms with Crippen LogP contribution >= 0.6 is 0 Å². The number of rotatable bonds is 3. The van der Waals surface area contributed by atoms with Crippen molar-refractivity contribution in [2.75, 3.05) is 6.54 Å². The zero-order valence-corrected chi connectivity index (χ0v) is 9.52. The second-order valence-corrected chi connectivity index (χ2v) is 4.08. The van der Waals surface area contributed by atoms with Gasteiger partial charge in [0.05, 0.1) is 0 Å². The molecule has 1 atom stereocenters. The van der Waals surface area contributed by atoms with Gasteiger partial charge in [0.25, 0.3) is 0 Å². The van der Waals surface area contributed by atoms with E-state index in [0.29, 0.717) is 13.0 Å². The predicted molar refractivity (Wildman–Crippen MR) is 62.0 cm³/mol. The Labute approximate surface area is 100.0 Å². The first-order valence-corrected chi connectivity index (χ1v) is 5.75. The van der Waals surface area contributed by atoms with E-state index in [1.807, 2.05) is 30.3 Å². The SMILES string of the molecule is O=C1NCCC[C@H]1C(=O)OCc1ccccc1. The summed E-state index contributed by atoms with van der Waals surface area (Å²) in [5.41, 5.74) is 0.928. The van der Waals surface area contributed by atoms with E-state index < -0.39 is 11.9 Å². The summed E-state index contributed by atoms with van der Waals surface area (Å²) in [6.45, 7) is 0.880. The fraction of sp³-hybridized carbons (Fsp3) is 0.385. The minimum Gasteiger partial charge on any atom is -0.460 e. The molecule has 1 aliphatic rings. The Bertz CT molecular complexity index is 402. The summed E-state index contributed by atoms with van der Waals surface area (Å²) in [5, 5.41) is 2.67. The standard InChI is InChI=1S/C13H15NO3/c15-12-11(7-4-8-14-12)13(16)17-9-10-5-2-1-3-6-10/h1-3,5-6,11H,4,7-9H2,(H,14,15)/t11-/m1/s1. The van der Waals surface area contributed by atoms with Crippen LogP contribution in [0.5, 0.6) is 0 Å². The third-order valence-electron chi connectivity index (χ3n) is 2.79. The Morgan fingerprint density at radius 1 is 1.35 bits per heavy atom. The summed E-state index contributed by atoms with van der Waals surface area (Å²) >= 11 is 0.